The molecule has 0 bridgehead atoms. The van der Waals surface area contributed by atoms with E-state index in [2.05, 4.69) is 5.32 Å². The fraction of sp³-hybridized carbons (Fsp3) is 0.462. The van der Waals surface area contributed by atoms with Gasteiger partial charge in [0.05, 0.1) is 4.90 Å². The third-order valence-corrected chi connectivity index (χ3v) is 5.36. The number of hydrogen-bond donors (Lipinski definition) is 2. The van der Waals surface area contributed by atoms with Crippen LogP contribution in [0.5, 0.6) is 0 Å². The first-order chi connectivity index (χ1) is 9.45. The summed E-state index contributed by atoms with van der Waals surface area (Å²) in [6.45, 7) is 1.81. The Labute approximate surface area is 119 Å². The average molecular weight is 297 g/mol. The van der Waals surface area contributed by atoms with Crippen molar-refractivity contribution in [1.82, 2.24) is 9.62 Å². The number of carbonyl (C=O) groups excluding carboxylic acids is 1. The van der Waals surface area contributed by atoms with E-state index >= 15 is 0 Å². The Bertz CT molecular complexity index is 601. The predicted molar refractivity (Wildman–Crippen MR) is 75.8 cm³/mol. The molecule has 1 saturated heterocycles. The first kappa shape index (κ1) is 15.0. The number of primary amides is 1. The first-order valence-electron chi connectivity index (χ1n) is 6.49. The molecule has 1 fully saturated rings. The summed E-state index contributed by atoms with van der Waals surface area (Å²) in [5.74, 6) is -0.300. The molecule has 1 atom stereocenters. The Morgan fingerprint density at radius 3 is 2.90 bits per heavy atom. The molecule has 1 aromatic carbocycles. The fourth-order valence-electron chi connectivity index (χ4n) is 2.43. The van der Waals surface area contributed by atoms with Gasteiger partial charge >= 0.3 is 0 Å². The monoisotopic (exact) mass is 297 g/mol. The van der Waals surface area contributed by atoms with Crippen molar-refractivity contribution in [3.63, 3.8) is 0 Å². The van der Waals surface area contributed by atoms with Crippen molar-refractivity contribution in [1.29, 1.82) is 0 Å². The number of hydrogen-bond acceptors (Lipinski definition) is 4. The highest BCUT2D eigenvalue weighted by Crippen LogP contribution is 2.24. The topological polar surface area (TPSA) is 92.5 Å². The normalized spacial score (nSPS) is 20.1. The molecule has 2 rings (SSSR count). The van der Waals surface area contributed by atoms with Crippen molar-refractivity contribution in [2.45, 2.75) is 11.3 Å². The first-order valence-corrected chi connectivity index (χ1v) is 7.94. The molecule has 0 spiro atoms. The highest BCUT2D eigenvalue weighted by atomic mass is 32.2. The van der Waals surface area contributed by atoms with E-state index in [9.17, 15) is 13.2 Å². The van der Waals surface area contributed by atoms with Gasteiger partial charge in [-0.2, -0.15) is 4.31 Å². The lowest BCUT2D eigenvalue weighted by Gasteiger charge is -2.17. The Hall–Kier alpha value is -1.44. The van der Waals surface area contributed by atoms with Gasteiger partial charge in [0.25, 0.3) is 0 Å². The summed E-state index contributed by atoms with van der Waals surface area (Å²) in [4.78, 5) is 11.3. The predicted octanol–water partition coefficient (Wildman–Crippen LogP) is 0.0155. The van der Waals surface area contributed by atoms with Gasteiger partial charge in [-0.25, -0.2) is 8.42 Å². The lowest BCUT2D eigenvalue weighted by molar-refractivity contribution is 0.1000. The molecule has 1 amide bonds. The van der Waals surface area contributed by atoms with Crippen LogP contribution in [0.1, 0.15) is 16.8 Å². The minimum absolute atomic E-state index is 0.124. The summed E-state index contributed by atoms with van der Waals surface area (Å²) in [7, 11) is -1.69. The molecule has 1 heterocycles. The van der Waals surface area contributed by atoms with E-state index in [0.717, 1.165) is 13.0 Å². The van der Waals surface area contributed by atoms with Gasteiger partial charge in [0.1, 0.15) is 0 Å². The number of nitrogens with two attached hydrogens (primary N) is 1. The number of amides is 1. The molecule has 1 aromatic rings. The summed E-state index contributed by atoms with van der Waals surface area (Å²) in [5, 5.41) is 3.06. The molecular weight excluding hydrogens is 278 g/mol. The van der Waals surface area contributed by atoms with E-state index in [1.54, 1.807) is 0 Å². The average Bonchev–Trinajstić information content (AvgIpc) is 2.88. The molecule has 20 heavy (non-hydrogen) atoms. The fourth-order valence-corrected chi connectivity index (χ4v) is 4.01. The number of carbonyl (C=O) groups is 1. The zero-order chi connectivity index (χ0) is 14.8. The third-order valence-electron chi connectivity index (χ3n) is 3.50. The van der Waals surface area contributed by atoms with Crippen LogP contribution < -0.4 is 11.1 Å². The van der Waals surface area contributed by atoms with Gasteiger partial charge in [-0.1, -0.05) is 6.07 Å². The molecule has 0 aromatic heterocycles. The van der Waals surface area contributed by atoms with Crippen LogP contribution in [-0.4, -0.2) is 45.3 Å². The highest BCUT2D eigenvalue weighted by Gasteiger charge is 2.32. The lowest BCUT2D eigenvalue weighted by atomic mass is 10.1. The van der Waals surface area contributed by atoms with Crippen molar-refractivity contribution < 1.29 is 13.2 Å². The summed E-state index contributed by atoms with van der Waals surface area (Å²) in [6.07, 6.45) is 0.843. The van der Waals surface area contributed by atoms with Crippen LogP contribution in [0.3, 0.4) is 0 Å². The minimum Gasteiger partial charge on any atom is -0.366 e. The molecule has 0 aliphatic carbocycles. The van der Waals surface area contributed by atoms with Gasteiger partial charge in [-0.05, 0) is 44.1 Å². The molecule has 6 nitrogen and oxygen atoms in total. The lowest BCUT2D eigenvalue weighted by Crippen LogP contribution is -2.30. The van der Waals surface area contributed by atoms with Gasteiger partial charge < -0.3 is 11.1 Å². The van der Waals surface area contributed by atoms with Crippen molar-refractivity contribution in [2.24, 2.45) is 11.7 Å². The minimum atomic E-state index is -3.55. The van der Waals surface area contributed by atoms with Crippen molar-refractivity contribution >= 4 is 15.9 Å². The third kappa shape index (κ3) is 3.00. The number of nitrogens with one attached hydrogen (secondary N) is 1. The summed E-state index contributed by atoms with van der Waals surface area (Å²) in [6, 6.07) is 5.87. The Kier molecular flexibility index (Phi) is 4.42. The van der Waals surface area contributed by atoms with Gasteiger partial charge in [0.15, 0.2) is 0 Å². The largest absolute Gasteiger partial charge is 0.366 e. The molecule has 110 valence electrons. The molecule has 3 N–H and O–H groups in total. The molecule has 7 heteroatoms. The second-order valence-corrected chi connectivity index (χ2v) is 6.91. The number of rotatable bonds is 5. The maximum atomic E-state index is 12.5. The van der Waals surface area contributed by atoms with E-state index in [0.29, 0.717) is 19.0 Å². The zero-order valence-electron chi connectivity index (χ0n) is 11.4. The van der Waals surface area contributed by atoms with Crippen LogP contribution in [0.25, 0.3) is 0 Å². The quantitative estimate of drug-likeness (QED) is 0.801. The van der Waals surface area contributed by atoms with E-state index in [-0.39, 0.29) is 10.5 Å². The van der Waals surface area contributed by atoms with Crippen LogP contribution in [0.2, 0.25) is 0 Å². The Balaban J connectivity index is 2.23. The summed E-state index contributed by atoms with van der Waals surface area (Å²) < 4.78 is 26.5. The molecule has 0 radical (unpaired) electrons. The number of sulfonamides is 1. The summed E-state index contributed by atoms with van der Waals surface area (Å²) >= 11 is 0. The van der Waals surface area contributed by atoms with E-state index in [4.69, 9.17) is 5.73 Å². The second kappa shape index (κ2) is 5.90. The zero-order valence-corrected chi connectivity index (χ0v) is 12.2. The van der Waals surface area contributed by atoms with Gasteiger partial charge in [0, 0.05) is 18.7 Å². The van der Waals surface area contributed by atoms with Crippen molar-refractivity contribution in [2.75, 3.05) is 26.7 Å². The van der Waals surface area contributed by atoms with Gasteiger partial charge in [-0.15, -0.1) is 0 Å². The van der Waals surface area contributed by atoms with Crippen LogP contribution in [0.4, 0.5) is 0 Å². The van der Waals surface area contributed by atoms with E-state index in [1.165, 1.54) is 28.6 Å². The summed E-state index contributed by atoms with van der Waals surface area (Å²) in [5.41, 5.74) is 5.39. The molecule has 0 saturated carbocycles. The number of benzene rings is 1. The second-order valence-electron chi connectivity index (χ2n) is 4.97. The van der Waals surface area contributed by atoms with E-state index < -0.39 is 15.9 Å². The smallest absolute Gasteiger partial charge is 0.248 e. The van der Waals surface area contributed by atoms with Crippen LogP contribution in [0, 0.1) is 5.92 Å². The van der Waals surface area contributed by atoms with Crippen molar-refractivity contribution in [3.05, 3.63) is 29.8 Å². The Morgan fingerprint density at radius 2 is 2.25 bits per heavy atom. The van der Waals surface area contributed by atoms with Crippen molar-refractivity contribution in [3.8, 4) is 0 Å². The van der Waals surface area contributed by atoms with Gasteiger partial charge in [0.2, 0.25) is 15.9 Å². The van der Waals surface area contributed by atoms with Crippen LogP contribution in [0.15, 0.2) is 29.2 Å². The Morgan fingerprint density at radius 1 is 1.50 bits per heavy atom. The van der Waals surface area contributed by atoms with E-state index in [1.807, 2.05) is 7.05 Å². The van der Waals surface area contributed by atoms with Gasteiger partial charge in [-0.3, -0.25) is 4.79 Å². The molecule has 1 unspecified atom stereocenters. The molecule has 1 aliphatic rings. The highest BCUT2D eigenvalue weighted by molar-refractivity contribution is 7.89. The molecular formula is C13H19N3O3S. The standard InChI is InChI=1S/C13H19N3O3S/c1-15-8-10-5-6-16(9-10)20(18,19)12-4-2-3-11(7-12)13(14)17/h2-4,7,10,15H,5-6,8-9H2,1H3,(H2,14,17). The number of nitrogens with zero attached hydrogens (tertiary/aromatic N) is 1. The van der Waals surface area contributed by atoms with Crippen LogP contribution >= 0.6 is 0 Å². The van der Waals surface area contributed by atoms with Crippen LogP contribution in [-0.2, 0) is 10.0 Å². The SMILES string of the molecule is CNCC1CCN(S(=O)(=O)c2cccc(C(N)=O)c2)C1. The molecule has 1 aliphatic heterocycles. The maximum absolute atomic E-state index is 12.5. The maximum Gasteiger partial charge on any atom is 0.248 e.